The normalized spacial score (nSPS) is 23.5. The molecule has 1 aromatic rings. The van der Waals surface area contributed by atoms with Gasteiger partial charge < -0.3 is 5.32 Å². The first kappa shape index (κ1) is 15.9. The summed E-state index contributed by atoms with van der Waals surface area (Å²) in [7, 11) is 0. The largest absolute Gasteiger partial charge is 0.314 e. The summed E-state index contributed by atoms with van der Waals surface area (Å²) in [6.45, 7) is 8.14. The molecule has 0 bridgehead atoms. The number of likely N-dealkylation sites (N-methyl/N-ethyl adjacent to an activating group) is 1. The molecule has 0 radical (unpaired) electrons. The van der Waals surface area contributed by atoms with E-state index in [2.05, 4.69) is 44.3 Å². The maximum Gasteiger partial charge on any atom is 0.0408 e. The Bertz CT molecular complexity index is 427. The molecule has 1 nitrogen and oxygen atoms in total. The van der Waals surface area contributed by atoms with Crippen molar-refractivity contribution in [2.75, 3.05) is 6.54 Å². The Kier molecular flexibility index (Phi) is 5.51. The number of benzene rings is 1. The van der Waals surface area contributed by atoms with Gasteiger partial charge >= 0.3 is 0 Å². The molecule has 2 heteroatoms. The van der Waals surface area contributed by atoms with Gasteiger partial charge in [0.15, 0.2) is 0 Å². The number of nitrogens with one attached hydrogen (secondary N) is 1. The van der Waals surface area contributed by atoms with E-state index < -0.39 is 0 Å². The monoisotopic (exact) mass is 293 g/mol. The van der Waals surface area contributed by atoms with Crippen LogP contribution in [0.2, 0.25) is 5.02 Å². The van der Waals surface area contributed by atoms with E-state index in [-0.39, 0.29) is 0 Å². The van der Waals surface area contributed by atoms with E-state index in [1.807, 2.05) is 6.07 Å². The molecule has 2 rings (SSSR count). The van der Waals surface area contributed by atoms with Crippen LogP contribution in [0.4, 0.5) is 0 Å². The van der Waals surface area contributed by atoms with Gasteiger partial charge in [0, 0.05) is 11.1 Å². The van der Waals surface area contributed by atoms with Crippen LogP contribution in [0.3, 0.4) is 0 Å². The summed E-state index contributed by atoms with van der Waals surface area (Å²) in [5.74, 6) is 0.759. The van der Waals surface area contributed by atoms with Crippen molar-refractivity contribution in [3.05, 3.63) is 34.9 Å². The van der Waals surface area contributed by atoms with Gasteiger partial charge in [0.2, 0.25) is 0 Å². The molecule has 0 aromatic heterocycles. The lowest BCUT2D eigenvalue weighted by atomic mass is 9.65. The van der Waals surface area contributed by atoms with Gasteiger partial charge in [-0.15, -0.1) is 0 Å². The third-order valence-electron chi connectivity index (χ3n) is 4.89. The van der Waals surface area contributed by atoms with E-state index in [0.29, 0.717) is 11.5 Å². The minimum absolute atomic E-state index is 0.448. The highest BCUT2D eigenvalue weighted by Gasteiger charge is 2.37. The first-order valence-electron chi connectivity index (χ1n) is 8.01. The van der Waals surface area contributed by atoms with Crippen molar-refractivity contribution >= 4 is 11.6 Å². The van der Waals surface area contributed by atoms with E-state index in [9.17, 15) is 0 Å². The van der Waals surface area contributed by atoms with Crippen LogP contribution in [-0.2, 0) is 6.42 Å². The molecule has 0 spiro atoms. The zero-order valence-electron chi connectivity index (χ0n) is 13.1. The fourth-order valence-corrected chi connectivity index (χ4v) is 4.02. The quantitative estimate of drug-likeness (QED) is 0.798. The second kappa shape index (κ2) is 6.95. The number of hydrogen-bond acceptors (Lipinski definition) is 1. The van der Waals surface area contributed by atoms with Crippen molar-refractivity contribution in [2.24, 2.45) is 11.3 Å². The Hall–Kier alpha value is -0.530. The molecule has 2 atom stereocenters. The summed E-state index contributed by atoms with van der Waals surface area (Å²) in [6, 6.07) is 8.90. The fraction of sp³-hybridized carbons (Fsp3) is 0.667. The second-order valence-corrected chi connectivity index (χ2v) is 7.28. The van der Waals surface area contributed by atoms with Gasteiger partial charge in [-0.2, -0.15) is 0 Å². The van der Waals surface area contributed by atoms with Crippen LogP contribution >= 0.6 is 11.6 Å². The van der Waals surface area contributed by atoms with Crippen LogP contribution in [0.5, 0.6) is 0 Å². The average molecular weight is 294 g/mol. The standard InChI is InChI=1S/C18H28ClN/c1-4-20-17(13-14-8-7-9-15(19)12-14)16-10-5-6-11-18(16,2)3/h7-9,12,16-17,20H,4-6,10-11,13H2,1-3H3. The highest BCUT2D eigenvalue weighted by Crippen LogP contribution is 2.43. The average Bonchev–Trinajstić information content (AvgIpc) is 2.38. The minimum atomic E-state index is 0.448. The predicted molar refractivity (Wildman–Crippen MR) is 88.4 cm³/mol. The van der Waals surface area contributed by atoms with E-state index in [4.69, 9.17) is 11.6 Å². The van der Waals surface area contributed by atoms with Crippen LogP contribution in [0.25, 0.3) is 0 Å². The van der Waals surface area contributed by atoms with Crippen molar-refractivity contribution in [1.82, 2.24) is 5.32 Å². The Balaban J connectivity index is 2.13. The number of hydrogen-bond donors (Lipinski definition) is 1. The summed E-state index contributed by atoms with van der Waals surface area (Å²) < 4.78 is 0. The first-order chi connectivity index (χ1) is 9.53. The van der Waals surface area contributed by atoms with Gasteiger partial charge in [0.1, 0.15) is 0 Å². The molecule has 1 N–H and O–H groups in total. The Morgan fingerprint density at radius 3 is 2.80 bits per heavy atom. The first-order valence-corrected chi connectivity index (χ1v) is 8.38. The zero-order valence-corrected chi connectivity index (χ0v) is 13.8. The summed E-state index contributed by atoms with van der Waals surface area (Å²) >= 11 is 6.13. The van der Waals surface area contributed by atoms with E-state index in [1.54, 1.807) is 0 Å². The molecule has 1 saturated carbocycles. The van der Waals surface area contributed by atoms with Gasteiger partial charge in [-0.05, 0) is 54.8 Å². The van der Waals surface area contributed by atoms with E-state index >= 15 is 0 Å². The molecular weight excluding hydrogens is 266 g/mol. The lowest BCUT2D eigenvalue weighted by molar-refractivity contribution is 0.0988. The fourth-order valence-electron chi connectivity index (χ4n) is 3.80. The van der Waals surface area contributed by atoms with Crippen LogP contribution in [0, 0.1) is 11.3 Å². The second-order valence-electron chi connectivity index (χ2n) is 6.84. The SMILES string of the molecule is CCNC(Cc1cccc(Cl)c1)C1CCCCC1(C)C. The summed E-state index contributed by atoms with van der Waals surface area (Å²) in [4.78, 5) is 0. The lowest BCUT2D eigenvalue weighted by Gasteiger charge is -2.43. The van der Waals surface area contributed by atoms with Crippen molar-refractivity contribution in [3.63, 3.8) is 0 Å². The zero-order chi connectivity index (χ0) is 14.6. The van der Waals surface area contributed by atoms with Crippen molar-refractivity contribution in [2.45, 2.75) is 58.9 Å². The maximum absolute atomic E-state index is 6.13. The lowest BCUT2D eigenvalue weighted by Crippen LogP contribution is -2.46. The molecule has 2 unspecified atom stereocenters. The molecule has 1 fully saturated rings. The maximum atomic E-state index is 6.13. The van der Waals surface area contributed by atoms with Crippen molar-refractivity contribution in [1.29, 1.82) is 0 Å². The molecule has 1 aliphatic rings. The Labute approximate surface area is 129 Å². The third kappa shape index (κ3) is 3.99. The molecule has 0 heterocycles. The molecule has 20 heavy (non-hydrogen) atoms. The van der Waals surface area contributed by atoms with Gasteiger partial charge in [-0.25, -0.2) is 0 Å². The van der Waals surface area contributed by atoms with Crippen LogP contribution < -0.4 is 5.32 Å². The Morgan fingerprint density at radius 2 is 2.15 bits per heavy atom. The topological polar surface area (TPSA) is 12.0 Å². The van der Waals surface area contributed by atoms with E-state index in [0.717, 1.165) is 23.9 Å². The highest BCUT2D eigenvalue weighted by molar-refractivity contribution is 6.30. The highest BCUT2D eigenvalue weighted by atomic mass is 35.5. The number of rotatable bonds is 5. The van der Waals surface area contributed by atoms with Gasteiger partial charge in [0.25, 0.3) is 0 Å². The summed E-state index contributed by atoms with van der Waals surface area (Å²) in [5.41, 5.74) is 1.80. The smallest absolute Gasteiger partial charge is 0.0408 e. The molecule has 1 aliphatic carbocycles. The van der Waals surface area contributed by atoms with Gasteiger partial charge in [-0.3, -0.25) is 0 Å². The number of halogens is 1. The molecule has 0 amide bonds. The van der Waals surface area contributed by atoms with Gasteiger partial charge in [-0.1, -0.05) is 57.3 Å². The van der Waals surface area contributed by atoms with E-state index in [1.165, 1.54) is 31.2 Å². The molecular formula is C18H28ClN. The summed E-state index contributed by atoms with van der Waals surface area (Å²) in [5, 5.41) is 4.58. The third-order valence-corrected chi connectivity index (χ3v) is 5.12. The summed E-state index contributed by atoms with van der Waals surface area (Å²) in [6.07, 6.45) is 6.56. The molecule has 1 aromatic carbocycles. The van der Waals surface area contributed by atoms with Crippen molar-refractivity contribution < 1.29 is 0 Å². The van der Waals surface area contributed by atoms with Gasteiger partial charge in [0.05, 0.1) is 0 Å². The molecule has 0 aliphatic heterocycles. The Morgan fingerprint density at radius 1 is 1.35 bits per heavy atom. The van der Waals surface area contributed by atoms with Crippen molar-refractivity contribution in [3.8, 4) is 0 Å². The van der Waals surface area contributed by atoms with Crippen LogP contribution in [0.1, 0.15) is 52.0 Å². The molecule has 112 valence electrons. The minimum Gasteiger partial charge on any atom is -0.314 e. The molecule has 0 saturated heterocycles. The van der Waals surface area contributed by atoms with Crippen LogP contribution in [0.15, 0.2) is 24.3 Å². The predicted octanol–water partition coefficient (Wildman–Crippen LogP) is 5.08. The van der Waals surface area contributed by atoms with Crippen LogP contribution in [-0.4, -0.2) is 12.6 Å².